The molecule has 10 heteroatoms. The topological polar surface area (TPSA) is 91.2 Å². The number of aliphatic hydroxyl groups is 1. The van der Waals surface area contributed by atoms with Crippen LogP contribution in [0.3, 0.4) is 0 Å². The van der Waals surface area contributed by atoms with Crippen molar-refractivity contribution in [3.05, 3.63) is 58.3 Å². The van der Waals surface area contributed by atoms with Crippen molar-refractivity contribution in [1.29, 1.82) is 0 Å². The van der Waals surface area contributed by atoms with Crippen LogP contribution < -0.4 is 16.0 Å². The van der Waals surface area contributed by atoms with Gasteiger partial charge in [-0.3, -0.25) is 15.4 Å². The number of rotatable bonds is 10. The molecule has 1 fully saturated rings. The monoisotopic (exact) mass is 559 g/mol. The lowest BCUT2D eigenvalue weighted by molar-refractivity contribution is 0.102. The van der Waals surface area contributed by atoms with Gasteiger partial charge < -0.3 is 15.0 Å². The van der Waals surface area contributed by atoms with Gasteiger partial charge in [0.1, 0.15) is 6.23 Å². The summed E-state index contributed by atoms with van der Waals surface area (Å²) < 4.78 is 28.3. The number of halogens is 2. The van der Waals surface area contributed by atoms with Gasteiger partial charge in [0.15, 0.2) is 0 Å². The van der Waals surface area contributed by atoms with Crippen molar-refractivity contribution in [1.82, 2.24) is 20.2 Å². The van der Waals surface area contributed by atoms with Crippen molar-refractivity contribution in [3.8, 4) is 0 Å². The van der Waals surface area contributed by atoms with Crippen LogP contribution in [0.4, 0.5) is 14.7 Å². The maximum atomic E-state index is 13.1. The number of nitrogens with one attached hydrogen (secondary N) is 3. The molecule has 1 aromatic carbocycles. The van der Waals surface area contributed by atoms with Gasteiger partial charge in [-0.2, -0.15) is 0 Å². The van der Waals surface area contributed by atoms with E-state index in [1.54, 1.807) is 0 Å². The molecule has 3 aromatic rings. The SMILES string of the molecule is C=CC(O)N[C@@H]1CCC[C@H](n2c(NC(=O)c3ccc(C(F)F)s3)nc3cc(CN[C@@H](C)C(C)(C)C)ccc32)C1. The second-order valence-electron chi connectivity index (χ2n) is 11.4. The molecular formula is C29H39F2N5O2S. The highest BCUT2D eigenvalue weighted by Gasteiger charge is 2.28. The Kier molecular flexibility index (Phi) is 9.21. The number of hydrogen-bond donors (Lipinski definition) is 4. The van der Waals surface area contributed by atoms with E-state index >= 15 is 0 Å². The van der Waals surface area contributed by atoms with Crippen molar-refractivity contribution in [3.63, 3.8) is 0 Å². The van der Waals surface area contributed by atoms with Crippen LogP contribution in [0.1, 0.15) is 86.0 Å². The highest BCUT2D eigenvalue weighted by atomic mass is 32.1. The number of fused-ring (bicyclic) bond motifs is 1. The van der Waals surface area contributed by atoms with Crippen LogP contribution in [-0.4, -0.2) is 38.9 Å². The molecule has 1 aliphatic carbocycles. The Labute approximate surface area is 232 Å². The average Bonchev–Trinajstić information content (AvgIpc) is 3.52. The number of nitrogens with zero attached hydrogens (tertiary/aromatic N) is 2. The normalized spacial score (nSPS) is 19.8. The second kappa shape index (κ2) is 12.2. The molecule has 2 heterocycles. The average molecular weight is 560 g/mol. The molecule has 1 unspecified atom stereocenters. The molecule has 2 aromatic heterocycles. The number of aromatic nitrogens is 2. The molecule has 4 atom stereocenters. The summed E-state index contributed by atoms with van der Waals surface area (Å²) in [7, 11) is 0. The number of imidazole rings is 1. The van der Waals surface area contributed by atoms with Crippen molar-refractivity contribution >= 4 is 34.2 Å². The number of carbonyl (C=O) groups is 1. The molecular weight excluding hydrogens is 520 g/mol. The van der Waals surface area contributed by atoms with Gasteiger partial charge in [-0.15, -0.1) is 11.3 Å². The molecule has 0 bridgehead atoms. The van der Waals surface area contributed by atoms with Gasteiger partial charge in [-0.25, -0.2) is 13.8 Å². The number of hydrogen-bond acceptors (Lipinski definition) is 6. The quantitative estimate of drug-likeness (QED) is 0.171. The van der Waals surface area contributed by atoms with Crippen LogP contribution >= 0.6 is 11.3 Å². The van der Waals surface area contributed by atoms with Gasteiger partial charge in [0.25, 0.3) is 12.3 Å². The van der Waals surface area contributed by atoms with Gasteiger partial charge in [0.2, 0.25) is 5.95 Å². The summed E-state index contributed by atoms with van der Waals surface area (Å²) in [5.41, 5.74) is 2.86. The van der Waals surface area contributed by atoms with Crippen molar-refractivity contribution in [2.75, 3.05) is 5.32 Å². The Morgan fingerprint density at radius 1 is 1.28 bits per heavy atom. The largest absolute Gasteiger partial charge is 0.375 e. The fraction of sp³-hybridized carbons (Fsp3) is 0.517. The number of alkyl halides is 2. The number of carbonyl (C=O) groups excluding carboxylic acids is 1. The standard InChI is InChI=1S/C29H39F2N5O2S/c1-6-25(37)33-19-8-7-9-20(15-19)36-22-11-10-18(16-32-17(2)29(3,4)5)14-21(22)34-28(36)35-27(38)24-13-12-23(39-24)26(30)31/h6,10-14,17,19-20,25-26,32-33,37H,1,7-9,15-16H2,2-5H3,(H,34,35,38)/t17-,19+,20-,25?/m0/s1. The third-order valence-electron chi connectivity index (χ3n) is 7.60. The summed E-state index contributed by atoms with van der Waals surface area (Å²) in [6.45, 7) is 13.1. The highest BCUT2D eigenvalue weighted by Crippen LogP contribution is 2.36. The molecule has 4 N–H and O–H groups in total. The molecule has 212 valence electrons. The fourth-order valence-electron chi connectivity index (χ4n) is 4.90. The van der Waals surface area contributed by atoms with E-state index in [1.165, 1.54) is 18.2 Å². The number of aliphatic hydroxyl groups excluding tert-OH is 1. The maximum absolute atomic E-state index is 13.1. The van der Waals surface area contributed by atoms with Crippen molar-refractivity contribution in [2.24, 2.45) is 5.41 Å². The lowest BCUT2D eigenvalue weighted by atomic mass is 9.88. The third-order valence-corrected chi connectivity index (χ3v) is 8.69. The number of thiophene rings is 1. The highest BCUT2D eigenvalue weighted by molar-refractivity contribution is 7.14. The zero-order valence-electron chi connectivity index (χ0n) is 23.0. The van der Waals surface area contributed by atoms with Crippen LogP contribution in [-0.2, 0) is 6.54 Å². The summed E-state index contributed by atoms with van der Waals surface area (Å²) in [5.74, 6) is -0.0676. The molecule has 4 rings (SSSR count). The predicted molar refractivity (Wildman–Crippen MR) is 153 cm³/mol. The predicted octanol–water partition coefficient (Wildman–Crippen LogP) is 6.39. The Balaban J connectivity index is 1.65. The van der Waals surface area contributed by atoms with E-state index in [-0.39, 0.29) is 27.3 Å². The molecule has 1 aliphatic rings. The van der Waals surface area contributed by atoms with Gasteiger partial charge >= 0.3 is 0 Å². The van der Waals surface area contributed by atoms with Crippen LogP contribution in [0.5, 0.6) is 0 Å². The lowest BCUT2D eigenvalue weighted by Gasteiger charge is -2.32. The fourth-order valence-corrected chi connectivity index (χ4v) is 5.66. The van der Waals surface area contributed by atoms with E-state index in [2.05, 4.69) is 60.9 Å². The molecule has 39 heavy (non-hydrogen) atoms. The lowest BCUT2D eigenvalue weighted by Crippen LogP contribution is -2.40. The molecule has 1 saturated carbocycles. The van der Waals surface area contributed by atoms with Gasteiger partial charge in [0.05, 0.1) is 20.8 Å². The van der Waals surface area contributed by atoms with E-state index in [4.69, 9.17) is 4.98 Å². The van der Waals surface area contributed by atoms with E-state index < -0.39 is 18.6 Å². The maximum Gasteiger partial charge on any atom is 0.272 e. The summed E-state index contributed by atoms with van der Waals surface area (Å²) in [6.07, 6.45) is 1.54. The first-order valence-electron chi connectivity index (χ1n) is 13.5. The van der Waals surface area contributed by atoms with Crippen LogP contribution in [0.25, 0.3) is 11.0 Å². The van der Waals surface area contributed by atoms with E-state index in [0.29, 0.717) is 18.5 Å². The Bertz CT molecular complexity index is 1300. The Morgan fingerprint density at radius 3 is 2.72 bits per heavy atom. The zero-order chi connectivity index (χ0) is 28.3. The summed E-state index contributed by atoms with van der Waals surface area (Å²) >= 11 is 0.785. The number of amides is 1. The first-order valence-corrected chi connectivity index (χ1v) is 14.3. The number of benzene rings is 1. The first-order chi connectivity index (χ1) is 18.5. The number of anilines is 1. The summed E-state index contributed by atoms with van der Waals surface area (Å²) in [5, 5.41) is 19.7. The molecule has 0 spiro atoms. The molecule has 7 nitrogen and oxygen atoms in total. The molecule has 0 radical (unpaired) electrons. The van der Waals surface area contributed by atoms with Crippen molar-refractivity contribution < 1.29 is 18.7 Å². The Morgan fingerprint density at radius 2 is 2.05 bits per heavy atom. The second-order valence-corrected chi connectivity index (χ2v) is 12.5. The minimum absolute atomic E-state index is 0.0263. The molecule has 0 aliphatic heterocycles. The van der Waals surface area contributed by atoms with Crippen molar-refractivity contribution in [2.45, 2.75) is 90.7 Å². The van der Waals surface area contributed by atoms with Gasteiger partial charge in [0, 0.05) is 24.7 Å². The summed E-state index contributed by atoms with van der Waals surface area (Å²) in [6, 6.07) is 9.25. The zero-order valence-corrected chi connectivity index (χ0v) is 23.8. The van der Waals surface area contributed by atoms with E-state index in [0.717, 1.165) is 53.6 Å². The van der Waals surface area contributed by atoms with Gasteiger partial charge in [-0.1, -0.05) is 33.4 Å². The van der Waals surface area contributed by atoms with Crippen LogP contribution in [0, 0.1) is 5.41 Å². The summed E-state index contributed by atoms with van der Waals surface area (Å²) in [4.78, 5) is 18.0. The van der Waals surface area contributed by atoms with E-state index in [9.17, 15) is 18.7 Å². The van der Waals surface area contributed by atoms with Crippen LogP contribution in [0.15, 0.2) is 43.0 Å². The molecule has 0 saturated heterocycles. The first kappa shape index (κ1) is 29.3. The third kappa shape index (κ3) is 7.11. The Hall–Kier alpha value is -2.66. The van der Waals surface area contributed by atoms with Crippen LogP contribution in [0.2, 0.25) is 0 Å². The minimum Gasteiger partial charge on any atom is -0.375 e. The smallest absolute Gasteiger partial charge is 0.272 e. The van der Waals surface area contributed by atoms with Gasteiger partial charge in [-0.05, 0) is 73.9 Å². The van der Waals surface area contributed by atoms with E-state index in [1.807, 2.05) is 12.1 Å². The minimum atomic E-state index is -2.62. The molecule has 1 amide bonds.